The molecule has 0 aliphatic heterocycles. The largest absolute Gasteiger partial charge is 0.477 e. The van der Waals surface area contributed by atoms with Crippen LogP contribution >= 0.6 is 15.9 Å². The summed E-state index contributed by atoms with van der Waals surface area (Å²) in [6.07, 6.45) is 3.72. The van der Waals surface area contributed by atoms with Crippen molar-refractivity contribution in [3.63, 3.8) is 0 Å². The highest BCUT2D eigenvalue weighted by Gasteiger charge is 2.16. The van der Waals surface area contributed by atoms with Gasteiger partial charge in [0.2, 0.25) is 5.88 Å². The molecule has 0 saturated carbocycles. The van der Waals surface area contributed by atoms with Crippen LogP contribution in [0.2, 0.25) is 0 Å². The van der Waals surface area contributed by atoms with Crippen LogP contribution in [-0.4, -0.2) is 27.7 Å². The van der Waals surface area contributed by atoms with Crippen LogP contribution in [0.3, 0.4) is 0 Å². The highest BCUT2D eigenvalue weighted by atomic mass is 79.9. The van der Waals surface area contributed by atoms with Crippen molar-refractivity contribution in [1.82, 2.24) is 20.5 Å². The Morgan fingerprint density at radius 2 is 2.32 bits per heavy atom. The summed E-state index contributed by atoms with van der Waals surface area (Å²) >= 11 is 3.34. The van der Waals surface area contributed by atoms with E-state index in [4.69, 9.17) is 4.74 Å². The summed E-state index contributed by atoms with van der Waals surface area (Å²) in [6.45, 7) is 4.91. The maximum absolute atomic E-state index is 12.1. The van der Waals surface area contributed by atoms with Crippen molar-refractivity contribution in [2.24, 2.45) is 0 Å². The Kier molecular flexibility index (Phi) is 5.94. The lowest BCUT2D eigenvalue weighted by molar-refractivity contribution is 0.0944. The highest BCUT2D eigenvalue weighted by Crippen LogP contribution is 2.19. The number of hydrogen-bond acceptors (Lipinski definition) is 4. The first-order valence-electron chi connectivity index (χ1n) is 7.18. The number of amides is 1. The van der Waals surface area contributed by atoms with Gasteiger partial charge in [-0.1, -0.05) is 19.4 Å². The molecule has 0 saturated heterocycles. The van der Waals surface area contributed by atoms with Gasteiger partial charge in [0.1, 0.15) is 0 Å². The van der Waals surface area contributed by atoms with E-state index in [0.29, 0.717) is 29.2 Å². The predicted octanol–water partition coefficient (Wildman–Crippen LogP) is 2.98. The number of halogens is 1. The third-order valence-electron chi connectivity index (χ3n) is 3.11. The Bertz CT molecular complexity index is 642. The summed E-state index contributed by atoms with van der Waals surface area (Å²) in [5, 5.41) is 9.58. The number of rotatable bonds is 7. The highest BCUT2D eigenvalue weighted by molar-refractivity contribution is 9.10. The first-order chi connectivity index (χ1) is 10.6. The number of H-pyrrole nitrogens is 1. The molecule has 118 valence electrons. The molecule has 0 aromatic carbocycles. The summed E-state index contributed by atoms with van der Waals surface area (Å²) in [5.41, 5.74) is 2.00. The predicted molar refractivity (Wildman–Crippen MR) is 86.8 cm³/mol. The van der Waals surface area contributed by atoms with Crippen LogP contribution in [0.4, 0.5) is 0 Å². The molecular formula is C15H19BrN4O2. The molecule has 2 N–H and O–H groups in total. The summed E-state index contributed by atoms with van der Waals surface area (Å²) in [4.78, 5) is 16.4. The number of unbranched alkanes of at least 4 members (excludes halogenated alkanes) is 1. The number of aromatic amines is 1. The Morgan fingerprint density at radius 1 is 1.50 bits per heavy atom. The van der Waals surface area contributed by atoms with E-state index in [1.807, 2.05) is 19.1 Å². The zero-order valence-corrected chi connectivity index (χ0v) is 14.2. The first-order valence-corrected chi connectivity index (χ1v) is 7.98. The number of carbonyl (C=O) groups excluding carboxylic acids is 1. The molecule has 0 unspecified atom stereocenters. The van der Waals surface area contributed by atoms with Crippen molar-refractivity contribution >= 4 is 21.8 Å². The monoisotopic (exact) mass is 366 g/mol. The van der Waals surface area contributed by atoms with E-state index in [0.717, 1.165) is 24.1 Å². The minimum atomic E-state index is -0.250. The average molecular weight is 367 g/mol. The van der Waals surface area contributed by atoms with E-state index in [1.165, 1.54) is 0 Å². The molecule has 22 heavy (non-hydrogen) atoms. The Balaban J connectivity index is 1.99. The molecule has 1 amide bonds. The molecule has 0 atom stereocenters. The molecule has 0 aliphatic rings. The van der Waals surface area contributed by atoms with Gasteiger partial charge >= 0.3 is 0 Å². The quantitative estimate of drug-likeness (QED) is 0.738. The van der Waals surface area contributed by atoms with E-state index < -0.39 is 0 Å². The second kappa shape index (κ2) is 7.93. The van der Waals surface area contributed by atoms with Gasteiger partial charge < -0.3 is 10.1 Å². The van der Waals surface area contributed by atoms with Gasteiger partial charge in [-0.25, -0.2) is 4.98 Å². The SMILES string of the molecule is CCCCOc1ncccc1CNC(=O)c1n[nH]c(C)c1Br. The lowest BCUT2D eigenvalue weighted by atomic mass is 10.2. The van der Waals surface area contributed by atoms with Gasteiger partial charge in [-0.15, -0.1) is 0 Å². The van der Waals surface area contributed by atoms with E-state index in [2.05, 4.69) is 43.4 Å². The number of aryl methyl sites for hydroxylation is 1. The topological polar surface area (TPSA) is 79.9 Å². The second-order valence-electron chi connectivity index (χ2n) is 4.86. The third-order valence-corrected chi connectivity index (χ3v) is 4.08. The molecule has 2 aromatic heterocycles. The maximum atomic E-state index is 12.1. The fourth-order valence-corrected chi connectivity index (χ4v) is 2.18. The van der Waals surface area contributed by atoms with Gasteiger partial charge in [0.25, 0.3) is 5.91 Å². The van der Waals surface area contributed by atoms with Crippen LogP contribution in [0, 0.1) is 6.92 Å². The van der Waals surface area contributed by atoms with Gasteiger partial charge in [0, 0.05) is 24.0 Å². The van der Waals surface area contributed by atoms with Gasteiger partial charge in [-0.3, -0.25) is 9.89 Å². The van der Waals surface area contributed by atoms with E-state index in [-0.39, 0.29) is 5.91 Å². The van der Waals surface area contributed by atoms with Gasteiger partial charge in [-0.05, 0) is 35.3 Å². The van der Waals surface area contributed by atoms with Gasteiger partial charge in [-0.2, -0.15) is 5.10 Å². The van der Waals surface area contributed by atoms with E-state index in [9.17, 15) is 4.79 Å². The van der Waals surface area contributed by atoms with Crippen molar-refractivity contribution < 1.29 is 9.53 Å². The fourth-order valence-electron chi connectivity index (χ4n) is 1.83. The smallest absolute Gasteiger partial charge is 0.273 e. The van der Waals surface area contributed by atoms with Crippen LogP contribution in [0.1, 0.15) is 41.5 Å². The van der Waals surface area contributed by atoms with Crippen molar-refractivity contribution in [1.29, 1.82) is 0 Å². The number of ether oxygens (including phenoxy) is 1. The molecule has 0 aliphatic carbocycles. The van der Waals surface area contributed by atoms with Gasteiger partial charge in [0.05, 0.1) is 11.1 Å². The fraction of sp³-hybridized carbons (Fsp3) is 0.400. The summed E-state index contributed by atoms with van der Waals surface area (Å²) < 4.78 is 6.33. The zero-order valence-electron chi connectivity index (χ0n) is 12.6. The molecule has 0 bridgehead atoms. The number of pyridine rings is 1. The Morgan fingerprint density at radius 3 is 3.00 bits per heavy atom. The van der Waals surface area contributed by atoms with Crippen LogP contribution in [0.15, 0.2) is 22.8 Å². The van der Waals surface area contributed by atoms with Crippen LogP contribution in [0.5, 0.6) is 5.88 Å². The maximum Gasteiger partial charge on any atom is 0.273 e. The Labute approximate surface area is 137 Å². The zero-order chi connectivity index (χ0) is 15.9. The number of carbonyl (C=O) groups is 1. The molecule has 0 spiro atoms. The number of nitrogens with one attached hydrogen (secondary N) is 2. The molecule has 7 heteroatoms. The summed E-state index contributed by atoms with van der Waals surface area (Å²) in [5.74, 6) is 0.313. The number of aromatic nitrogens is 3. The molecule has 2 rings (SSSR count). The standard InChI is InChI=1S/C15H19BrN4O2/c1-3-4-8-22-15-11(6-5-7-17-15)9-18-14(21)13-12(16)10(2)19-20-13/h5-7H,3-4,8-9H2,1-2H3,(H,18,21)(H,19,20). The molecule has 0 fully saturated rings. The summed E-state index contributed by atoms with van der Waals surface area (Å²) in [7, 11) is 0. The van der Waals surface area contributed by atoms with Crippen molar-refractivity contribution in [3.8, 4) is 5.88 Å². The minimum Gasteiger partial charge on any atom is -0.477 e. The summed E-state index contributed by atoms with van der Waals surface area (Å²) in [6, 6.07) is 3.71. The van der Waals surface area contributed by atoms with Crippen molar-refractivity contribution in [3.05, 3.63) is 39.8 Å². The molecule has 0 radical (unpaired) electrons. The molecule has 2 aromatic rings. The third kappa shape index (κ3) is 4.07. The lowest BCUT2D eigenvalue weighted by Gasteiger charge is -2.10. The molecule has 2 heterocycles. The van der Waals surface area contributed by atoms with E-state index >= 15 is 0 Å². The Hall–Kier alpha value is -1.89. The number of nitrogens with zero attached hydrogens (tertiary/aromatic N) is 2. The average Bonchev–Trinajstić information content (AvgIpc) is 2.86. The van der Waals surface area contributed by atoms with Crippen molar-refractivity contribution in [2.75, 3.05) is 6.61 Å². The lowest BCUT2D eigenvalue weighted by Crippen LogP contribution is -2.24. The molecule has 6 nitrogen and oxygen atoms in total. The van der Waals surface area contributed by atoms with Crippen LogP contribution in [-0.2, 0) is 6.54 Å². The molecular weight excluding hydrogens is 348 g/mol. The van der Waals surface area contributed by atoms with Crippen molar-refractivity contribution in [2.45, 2.75) is 33.2 Å². The normalized spacial score (nSPS) is 10.5. The van der Waals surface area contributed by atoms with Crippen LogP contribution in [0.25, 0.3) is 0 Å². The second-order valence-corrected chi connectivity index (χ2v) is 5.66. The van der Waals surface area contributed by atoms with Crippen LogP contribution < -0.4 is 10.1 Å². The van der Waals surface area contributed by atoms with E-state index in [1.54, 1.807) is 6.20 Å². The minimum absolute atomic E-state index is 0.250. The van der Waals surface area contributed by atoms with Gasteiger partial charge in [0.15, 0.2) is 5.69 Å². The number of hydrogen-bond donors (Lipinski definition) is 2. The first kappa shape index (κ1) is 16.5.